The molecular formula is C11H13BrN2O5. The van der Waals surface area contributed by atoms with Gasteiger partial charge in [0.1, 0.15) is 5.75 Å². The van der Waals surface area contributed by atoms with Gasteiger partial charge in [-0.3, -0.25) is 14.9 Å². The van der Waals surface area contributed by atoms with Crippen LogP contribution in [0.15, 0.2) is 16.6 Å². The smallest absolute Gasteiger partial charge is 0.307 e. The summed E-state index contributed by atoms with van der Waals surface area (Å²) in [6.45, 7) is 1.88. The zero-order chi connectivity index (χ0) is 14.6. The van der Waals surface area contributed by atoms with E-state index >= 15 is 0 Å². The van der Waals surface area contributed by atoms with E-state index in [1.165, 1.54) is 0 Å². The summed E-state index contributed by atoms with van der Waals surface area (Å²) >= 11 is 3.00. The summed E-state index contributed by atoms with van der Waals surface area (Å²) in [5.74, 6) is -0.751. The Balaban J connectivity index is 3.04. The van der Waals surface area contributed by atoms with Gasteiger partial charge in [0.05, 0.1) is 22.4 Å². The number of benzene rings is 1. The molecule has 7 nitrogen and oxygen atoms in total. The van der Waals surface area contributed by atoms with Crippen LogP contribution in [0.25, 0.3) is 0 Å². The first-order chi connectivity index (χ1) is 8.86. The van der Waals surface area contributed by atoms with Crippen molar-refractivity contribution < 1.29 is 19.6 Å². The minimum atomic E-state index is -0.879. The van der Waals surface area contributed by atoms with Crippen LogP contribution in [0, 0.1) is 10.1 Å². The Morgan fingerprint density at radius 3 is 2.79 bits per heavy atom. The van der Waals surface area contributed by atoms with E-state index < -0.39 is 16.9 Å². The highest BCUT2D eigenvalue weighted by Gasteiger charge is 2.21. The Labute approximate surface area is 117 Å². The van der Waals surface area contributed by atoms with Crippen LogP contribution in [0.3, 0.4) is 0 Å². The number of non-ortho nitro benzene ring substituents is 1. The summed E-state index contributed by atoms with van der Waals surface area (Å²) in [6.07, 6.45) is -0.172. The lowest BCUT2D eigenvalue weighted by atomic mass is 10.0. The molecule has 0 saturated carbocycles. The van der Waals surface area contributed by atoms with E-state index in [1.807, 2.05) is 0 Å². The van der Waals surface area contributed by atoms with Gasteiger partial charge < -0.3 is 15.6 Å². The number of hydrogen-bond acceptors (Lipinski definition) is 6. The van der Waals surface area contributed by atoms with Gasteiger partial charge in [0, 0.05) is 23.7 Å². The van der Waals surface area contributed by atoms with Crippen molar-refractivity contribution in [1.29, 1.82) is 0 Å². The van der Waals surface area contributed by atoms with E-state index in [0.717, 1.165) is 12.1 Å². The van der Waals surface area contributed by atoms with Crippen LogP contribution in [0.2, 0.25) is 0 Å². The summed E-state index contributed by atoms with van der Waals surface area (Å²) in [7, 11) is 0. The molecule has 1 atom stereocenters. The zero-order valence-corrected chi connectivity index (χ0v) is 11.7. The van der Waals surface area contributed by atoms with Crippen LogP contribution in [0.5, 0.6) is 5.75 Å². The predicted molar refractivity (Wildman–Crippen MR) is 70.6 cm³/mol. The van der Waals surface area contributed by atoms with Gasteiger partial charge in [-0.05, 0) is 22.9 Å². The Morgan fingerprint density at radius 1 is 1.63 bits per heavy atom. The predicted octanol–water partition coefficient (Wildman–Crippen LogP) is 2.02. The van der Waals surface area contributed by atoms with Crippen LogP contribution in [0.4, 0.5) is 5.69 Å². The maximum absolute atomic E-state index is 11.3. The molecule has 0 bridgehead atoms. The quantitative estimate of drug-likeness (QED) is 0.484. The summed E-state index contributed by atoms with van der Waals surface area (Å²) in [5.41, 5.74) is 5.66. The lowest BCUT2D eigenvalue weighted by Gasteiger charge is -2.13. The van der Waals surface area contributed by atoms with Crippen molar-refractivity contribution in [3.8, 4) is 5.75 Å². The highest BCUT2D eigenvalue weighted by atomic mass is 79.9. The molecule has 0 aliphatic carbocycles. The van der Waals surface area contributed by atoms with Crippen molar-refractivity contribution in [2.45, 2.75) is 19.4 Å². The molecule has 104 valence electrons. The van der Waals surface area contributed by atoms with Crippen LogP contribution in [-0.4, -0.2) is 22.6 Å². The maximum Gasteiger partial charge on any atom is 0.307 e. The fraction of sp³-hybridized carbons (Fsp3) is 0.364. The van der Waals surface area contributed by atoms with Crippen molar-refractivity contribution >= 4 is 27.6 Å². The van der Waals surface area contributed by atoms with Gasteiger partial charge in [-0.25, -0.2) is 0 Å². The molecule has 0 unspecified atom stereocenters. The molecule has 8 heteroatoms. The van der Waals surface area contributed by atoms with E-state index in [4.69, 9.17) is 10.5 Å². The molecule has 0 aromatic heterocycles. The molecule has 1 rings (SSSR count). The number of carbonyl (C=O) groups excluding carboxylic acids is 1. The summed E-state index contributed by atoms with van der Waals surface area (Å²) in [6, 6.07) is 1.43. The van der Waals surface area contributed by atoms with E-state index in [-0.39, 0.29) is 34.5 Å². The highest BCUT2D eigenvalue weighted by Crippen LogP contribution is 2.36. The van der Waals surface area contributed by atoms with Gasteiger partial charge in [0.15, 0.2) is 0 Å². The van der Waals surface area contributed by atoms with E-state index in [0.29, 0.717) is 0 Å². The summed E-state index contributed by atoms with van der Waals surface area (Å²) in [5, 5.41) is 20.6. The Morgan fingerprint density at radius 2 is 2.26 bits per heavy atom. The number of phenolic OH excluding ortho intramolecular Hbond substituents is 1. The minimum Gasteiger partial charge on any atom is -0.506 e. The first kappa shape index (κ1) is 15.4. The lowest BCUT2D eigenvalue weighted by molar-refractivity contribution is -0.385. The molecule has 19 heavy (non-hydrogen) atoms. The van der Waals surface area contributed by atoms with Gasteiger partial charge in [0.25, 0.3) is 5.69 Å². The molecule has 0 radical (unpaired) electrons. The lowest BCUT2D eigenvalue weighted by Crippen LogP contribution is -2.17. The number of aromatic hydroxyl groups is 1. The first-order valence-electron chi connectivity index (χ1n) is 5.44. The first-order valence-corrected chi connectivity index (χ1v) is 6.24. The molecule has 0 heterocycles. The molecule has 3 N–H and O–H groups in total. The number of carbonyl (C=O) groups is 1. The number of nitrogens with two attached hydrogens (primary N) is 1. The number of rotatable bonds is 5. The van der Waals surface area contributed by atoms with E-state index in [1.54, 1.807) is 6.92 Å². The third kappa shape index (κ3) is 3.90. The second-order valence-electron chi connectivity index (χ2n) is 3.74. The topological polar surface area (TPSA) is 116 Å². The number of ether oxygens (including phenoxy) is 1. The van der Waals surface area contributed by atoms with Crippen molar-refractivity contribution in [3.05, 3.63) is 32.3 Å². The number of nitrogens with zero attached hydrogens (tertiary/aromatic N) is 1. The monoisotopic (exact) mass is 332 g/mol. The third-order valence-electron chi connectivity index (χ3n) is 2.38. The average molecular weight is 333 g/mol. The molecule has 0 amide bonds. The third-order valence-corrected chi connectivity index (χ3v) is 2.98. The second-order valence-corrected chi connectivity index (χ2v) is 4.59. The summed E-state index contributed by atoms with van der Waals surface area (Å²) in [4.78, 5) is 21.4. The maximum atomic E-state index is 11.3. The number of esters is 1. The fourth-order valence-electron chi connectivity index (χ4n) is 1.50. The molecule has 0 saturated heterocycles. The fourth-order valence-corrected chi connectivity index (χ4v) is 1.97. The molecule has 1 aromatic rings. The van der Waals surface area contributed by atoms with Gasteiger partial charge in [-0.1, -0.05) is 0 Å². The van der Waals surface area contributed by atoms with Crippen molar-refractivity contribution in [2.75, 3.05) is 6.61 Å². The molecule has 0 aliphatic rings. The number of halogens is 1. The van der Waals surface area contributed by atoms with Gasteiger partial charge >= 0.3 is 5.97 Å². The van der Waals surface area contributed by atoms with Gasteiger partial charge in [0.2, 0.25) is 0 Å². The number of hydrogen-bond donors (Lipinski definition) is 2. The standard InChI is InChI=1S/C11H13BrN2O5/c1-2-19-10(15)5-9(13)7-3-6(14(17)18)4-8(12)11(7)16/h3-4,9,16H,2,5,13H2,1H3/t9-/m1/s1. The minimum absolute atomic E-state index is 0.120. The normalized spacial score (nSPS) is 11.9. The molecule has 0 spiro atoms. The molecule has 0 fully saturated rings. The number of nitro benzene ring substituents is 1. The zero-order valence-electron chi connectivity index (χ0n) is 10.1. The highest BCUT2D eigenvalue weighted by molar-refractivity contribution is 9.10. The van der Waals surface area contributed by atoms with Crippen molar-refractivity contribution in [1.82, 2.24) is 0 Å². The van der Waals surface area contributed by atoms with Crippen molar-refractivity contribution in [2.24, 2.45) is 5.73 Å². The van der Waals surface area contributed by atoms with Crippen LogP contribution in [-0.2, 0) is 9.53 Å². The molecule has 1 aromatic carbocycles. The van der Waals surface area contributed by atoms with Crippen LogP contribution in [0.1, 0.15) is 24.9 Å². The Bertz CT molecular complexity index is 506. The van der Waals surface area contributed by atoms with Gasteiger partial charge in [-0.2, -0.15) is 0 Å². The van der Waals surface area contributed by atoms with Crippen LogP contribution < -0.4 is 5.73 Å². The molecular weight excluding hydrogens is 320 g/mol. The van der Waals surface area contributed by atoms with Crippen molar-refractivity contribution in [3.63, 3.8) is 0 Å². The average Bonchev–Trinajstić information content (AvgIpc) is 2.32. The number of phenols is 1. The van der Waals surface area contributed by atoms with Gasteiger partial charge in [-0.15, -0.1) is 0 Å². The Kier molecular flexibility index (Phi) is 5.25. The SMILES string of the molecule is CCOC(=O)C[C@@H](N)c1cc([N+](=O)[O-])cc(Br)c1O. The molecule has 0 aliphatic heterocycles. The van der Waals surface area contributed by atoms with Crippen LogP contribution >= 0.6 is 15.9 Å². The summed E-state index contributed by atoms with van der Waals surface area (Å²) < 4.78 is 4.88. The van der Waals surface area contributed by atoms with E-state index in [2.05, 4.69) is 15.9 Å². The number of nitro groups is 1. The Hall–Kier alpha value is -1.67. The second kappa shape index (κ2) is 6.48. The van der Waals surface area contributed by atoms with E-state index in [9.17, 15) is 20.0 Å². The largest absolute Gasteiger partial charge is 0.506 e.